The lowest BCUT2D eigenvalue weighted by atomic mass is 9.83. The zero-order valence-electron chi connectivity index (χ0n) is 11.2. The van der Waals surface area contributed by atoms with Crippen LogP contribution in [0.4, 0.5) is 0 Å². The first-order valence-corrected chi connectivity index (χ1v) is 8.00. The number of carbonyl (C=O) groups excluding carboxylic acids is 1. The second-order valence-corrected chi connectivity index (χ2v) is 6.49. The zero-order valence-corrected chi connectivity index (χ0v) is 12.1. The van der Waals surface area contributed by atoms with Crippen LogP contribution < -0.4 is 0 Å². The topological polar surface area (TPSA) is 70.5 Å². The Kier molecular flexibility index (Phi) is 3.74. The van der Waals surface area contributed by atoms with Crippen LogP contribution in [-0.2, 0) is 4.79 Å². The first-order chi connectivity index (χ1) is 9.65. The minimum atomic E-state index is -0.968. The average Bonchev–Trinajstić information content (AvgIpc) is 2.86. The predicted octanol–water partition coefficient (Wildman–Crippen LogP) is 2.35. The third-order valence-corrected chi connectivity index (χ3v) is 5.36. The van der Waals surface area contributed by atoms with Gasteiger partial charge in [-0.2, -0.15) is 0 Å². The summed E-state index contributed by atoms with van der Waals surface area (Å²) in [6.45, 7) is 1.56. The van der Waals surface area contributed by atoms with E-state index >= 15 is 0 Å². The second-order valence-electron chi connectivity index (χ2n) is 5.60. The van der Waals surface area contributed by atoms with Crippen LogP contribution in [0.3, 0.4) is 0 Å². The molecule has 1 saturated heterocycles. The molecule has 0 unspecified atom stereocenters. The third-order valence-electron chi connectivity index (χ3n) is 4.35. The smallest absolute Gasteiger partial charge is 0.355 e. The van der Waals surface area contributed by atoms with Gasteiger partial charge in [0.1, 0.15) is 0 Å². The highest BCUT2D eigenvalue weighted by molar-refractivity contribution is 7.09. The van der Waals surface area contributed by atoms with Crippen molar-refractivity contribution >= 4 is 23.2 Å². The maximum absolute atomic E-state index is 12.2. The molecule has 0 aromatic carbocycles. The molecule has 1 amide bonds. The van der Waals surface area contributed by atoms with Crippen LogP contribution >= 0.6 is 11.3 Å². The van der Waals surface area contributed by atoms with Gasteiger partial charge in [0.25, 0.3) is 0 Å². The Hall–Kier alpha value is -1.43. The van der Waals surface area contributed by atoms with Gasteiger partial charge in [-0.25, -0.2) is 9.78 Å². The number of likely N-dealkylation sites (tertiary alicyclic amines) is 1. The standard InChI is InChI=1S/C14H18N2O3S/c17-13(10-2-1-3-10)16-6-4-9(5-7-16)12-15-11(8-20-12)14(18)19/h8-10H,1-7H2,(H,18,19). The highest BCUT2D eigenvalue weighted by Gasteiger charge is 2.32. The van der Waals surface area contributed by atoms with Gasteiger partial charge in [0.2, 0.25) is 5.91 Å². The van der Waals surface area contributed by atoms with Crippen molar-refractivity contribution in [3.05, 3.63) is 16.1 Å². The van der Waals surface area contributed by atoms with E-state index in [1.54, 1.807) is 5.38 Å². The number of nitrogens with zero attached hydrogens (tertiary/aromatic N) is 2. The fraction of sp³-hybridized carbons (Fsp3) is 0.643. The van der Waals surface area contributed by atoms with Crippen LogP contribution in [0.15, 0.2) is 5.38 Å². The van der Waals surface area contributed by atoms with Crippen molar-refractivity contribution in [2.75, 3.05) is 13.1 Å². The van der Waals surface area contributed by atoms with E-state index in [1.807, 2.05) is 4.90 Å². The quantitative estimate of drug-likeness (QED) is 0.929. The molecule has 6 heteroatoms. The molecule has 1 N–H and O–H groups in total. The Morgan fingerprint density at radius 3 is 2.45 bits per heavy atom. The van der Waals surface area contributed by atoms with E-state index in [4.69, 9.17) is 5.11 Å². The predicted molar refractivity (Wildman–Crippen MR) is 75.0 cm³/mol. The van der Waals surface area contributed by atoms with E-state index in [9.17, 15) is 9.59 Å². The summed E-state index contributed by atoms with van der Waals surface area (Å²) in [5, 5.41) is 11.4. The van der Waals surface area contributed by atoms with Crippen molar-refractivity contribution in [3.8, 4) is 0 Å². The van der Waals surface area contributed by atoms with Crippen LogP contribution in [0, 0.1) is 5.92 Å². The Morgan fingerprint density at radius 2 is 1.95 bits per heavy atom. The first-order valence-electron chi connectivity index (χ1n) is 7.12. The summed E-state index contributed by atoms with van der Waals surface area (Å²) in [6, 6.07) is 0. The van der Waals surface area contributed by atoms with E-state index in [0.717, 1.165) is 43.8 Å². The molecule has 108 valence electrons. The highest BCUT2D eigenvalue weighted by Crippen LogP contribution is 2.33. The number of aromatic nitrogens is 1. The van der Waals surface area contributed by atoms with Crippen molar-refractivity contribution < 1.29 is 14.7 Å². The molecule has 0 radical (unpaired) electrons. The lowest BCUT2D eigenvalue weighted by molar-refractivity contribution is -0.139. The van der Waals surface area contributed by atoms with Crippen molar-refractivity contribution in [2.24, 2.45) is 5.92 Å². The van der Waals surface area contributed by atoms with Gasteiger partial charge in [-0.05, 0) is 25.7 Å². The van der Waals surface area contributed by atoms with Crippen LogP contribution in [0.1, 0.15) is 53.5 Å². The highest BCUT2D eigenvalue weighted by atomic mass is 32.1. The number of carboxylic acids is 1. The molecule has 2 heterocycles. The Balaban J connectivity index is 1.57. The number of rotatable bonds is 3. The number of carbonyl (C=O) groups is 2. The van der Waals surface area contributed by atoms with Crippen molar-refractivity contribution in [2.45, 2.75) is 38.0 Å². The number of aromatic carboxylic acids is 1. The fourth-order valence-corrected chi connectivity index (χ4v) is 3.80. The number of piperidine rings is 1. The molecule has 2 fully saturated rings. The summed E-state index contributed by atoms with van der Waals surface area (Å²) >= 11 is 1.42. The molecule has 0 atom stereocenters. The maximum atomic E-state index is 12.2. The molecule has 1 aromatic heterocycles. The summed E-state index contributed by atoms with van der Waals surface area (Å²) in [5.74, 6) is -0.0753. The molecule has 1 aliphatic carbocycles. The molecule has 1 aromatic rings. The van der Waals surface area contributed by atoms with E-state index in [2.05, 4.69) is 4.98 Å². The molecule has 0 spiro atoms. The summed E-state index contributed by atoms with van der Waals surface area (Å²) in [7, 11) is 0. The van der Waals surface area contributed by atoms with Gasteiger partial charge < -0.3 is 10.0 Å². The number of thiazole rings is 1. The normalized spacial score (nSPS) is 20.7. The third kappa shape index (κ3) is 2.57. The molecule has 0 bridgehead atoms. The van der Waals surface area contributed by atoms with E-state index < -0.39 is 5.97 Å². The van der Waals surface area contributed by atoms with Crippen molar-refractivity contribution in [3.63, 3.8) is 0 Å². The van der Waals surface area contributed by atoms with Crippen LogP contribution in [0.2, 0.25) is 0 Å². The van der Waals surface area contributed by atoms with E-state index in [1.165, 1.54) is 17.8 Å². The van der Waals surface area contributed by atoms with Crippen molar-refractivity contribution in [1.82, 2.24) is 9.88 Å². The van der Waals surface area contributed by atoms with Gasteiger partial charge in [-0.15, -0.1) is 11.3 Å². The molecule has 5 nitrogen and oxygen atoms in total. The summed E-state index contributed by atoms with van der Waals surface area (Å²) in [4.78, 5) is 29.2. The van der Waals surface area contributed by atoms with Gasteiger partial charge in [-0.3, -0.25) is 4.79 Å². The lowest BCUT2D eigenvalue weighted by Crippen LogP contribution is -2.43. The molecule has 1 aliphatic heterocycles. The van der Waals surface area contributed by atoms with Crippen LogP contribution in [0.5, 0.6) is 0 Å². The van der Waals surface area contributed by atoms with Gasteiger partial charge in [0.15, 0.2) is 5.69 Å². The van der Waals surface area contributed by atoms with Crippen LogP contribution in [0.25, 0.3) is 0 Å². The van der Waals surface area contributed by atoms with Crippen LogP contribution in [-0.4, -0.2) is 40.0 Å². The number of hydrogen-bond donors (Lipinski definition) is 1. The molecular weight excluding hydrogens is 276 g/mol. The lowest BCUT2D eigenvalue weighted by Gasteiger charge is -2.36. The number of carboxylic acid groups (broad SMARTS) is 1. The maximum Gasteiger partial charge on any atom is 0.355 e. The van der Waals surface area contributed by atoms with Gasteiger partial charge >= 0.3 is 5.97 Å². The Labute approximate surface area is 121 Å². The number of hydrogen-bond acceptors (Lipinski definition) is 4. The largest absolute Gasteiger partial charge is 0.476 e. The van der Waals surface area contributed by atoms with Gasteiger partial charge in [0, 0.05) is 30.3 Å². The minimum Gasteiger partial charge on any atom is -0.476 e. The van der Waals surface area contributed by atoms with Gasteiger partial charge in [-0.1, -0.05) is 6.42 Å². The molecule has 2 aliphatic rings. The van der Waals surface area contributed by atoms with Crippen molar-refractivity contribution in [1.29, 1.82) is 0 Å². The molecule has 3 rings (SSSR count). The summed E-state index contributed by atoms with van der Waals surface area (Å²) in [6.07, 6.45) is 5.07. The Bertz CT molecular complexity index is 516. The number of amides is 1. The minimum absolute atomic E-state index is 0.137. The average molecular weight is 294 g/mol. The van der Waals surface area contributed by atoms with E-state index in [-0.39, 0.29) is 11.6 Å². The molecular formula is C14H18N2O3S. The monoisotopic (exact) mass is 294 g/mol. The molecule has 20 heavy (non-hydrogen) atoms. The van der Waals surface area contributed by atoms with E-state index in [0.29, 0.717) is 11.8 Å². The second kappa shape index (κ2) is 5.52. The summed E-state index contributed by atoms with van der Waals surface area (Å²) < 4.78 is 0. The zero-order chi connectivity index (χ0) is 14.1. The Morgan fingerprint density at radius 1 is 1.25 bits per heavy atom. The summed E-state index contributed by atoms with van der Waals surface area (Å²) in [5.41, 5.74) is 0.137. The fourth-order valence-electron chi connectivity index (χ4n) is 2.83. The molecule has 1 saturated carbocycles. The SMILES string of the molecule is O=C(O)c1csc(C2CCN(C(=O)C3CCC3)CC2)n1. The van der Waals surface area contributed by atoms with Gasteiger partial charge in [0.05, 0.1) is 5.01 Å². The first kappa shape index (κ1) is 13.5.